The molecule has 1 aliphatic rings. The minimum absolute atomic E-state index is 0.00314. The van der Waals surface area contributed by atoms with Crippen molar-refractivity contribution in [2.45, 2.75) is 39.8 Å². The molecule has 1 aromatic carbocycles. The SMILES string of the molecule is Cc1ccc([C@H]2[C@H](c3ccccn3)NC(=S)N2c2ccc(NC(=O)C(C)C)c(C)c2)s1. The van der Waals surface area contributed by atoms with Crippen molar-refractivity contribution in [3.05, 3.63) is 75.7 Å². The number of carbonyl (C=O) groups is 1. The summed E-state index contributed by atoms with van der Waals surface area (Å²) in [5.41, 5.74) is 3.77. The number of carbonyl (C=O) groups excluding carboxylic acids is 1. The third-order valence-corrected chi connectivity index (χ3v) is 6.81. The minimum atomic E-state index is -0.0694. The van der Waals surface area contributed by atoms with Gasteiger partial charge >= 0.3 is 0 Å². The Morgan fingerprint density at radius 3 is 2.61 bits per heavy atom. The van der Waals surface area contributed by atoms with E-state index >= 15 is 0 Å². The molecule has 0 bridgehead atoms. The Morgan fingerprint density at radius 1 is 1.19 bits per heavy atom. The number of thiophene rings is 1. The lowest BCUT2D eigenvalue weighted by Gasteiger charge is -2.27. The molecule has 1 aliphatic heterocycles. The summed E-state index contributed by atoms with van der Waals surface area (Å²) in [6.45, 7) is 7.90. The van der Waals surface area contributed by atoms with E-state index in [2.05, 4.69) is 45.6 Å². The molecule has 0 spiro atoms. The molecule has 4 rings (SSSR count). The predicted molar refractivity (Wildman–Crippen MR) is 132 cm³/mol. The van der Waals surface area contributed by atoms with Gasteiger partial charge in [-0.1, -0.05) is 19.9 Å². The first-order valence-corrected chi connectivity index (χ1v) is 11.6. The van der Waals surface area contributed by atoms with E-state index in [0.29, 0.717) is 5.11 Å². The molecule has 1 saturated heterocycles. The van der Waals surface area contributed by atoms with Crippen molar-refractivity contribution in [1.82, 2.24) is 10.3 Å². The molecule has 3 heterocycles. The molecule has 2 N–H and O–H groups in total. The molecule has 1 fully saturated rings. The summed E-state index contributed by atoms with van der Waals surface area (Å²) >= 11 is 7.56. The topological polar surface area (TPSA) is 57.3 Å². The first-order valence-electron chi connectivity index (χ1n) is 10.3. The summed E-state index contributed by atoms with van der Waals surface area (Å²) in [5, 5.41) is 7.17. The van der Waals surface area contributed by atoms with E-state index in [9.17, 15) is 4.79 Å². The number of anilines is 2. The van der Waals surface area contributed by atoms with Gasteiger partial charge in [0.05, 0.1) is 17.8 Å². The van der Waals surface area contributed by atoms with Crippen LogP contribution in [0.2, 0.25) is 0 Å². The molecule has 31 heavy (non-hydrogen) atoms. The summed E-state index contributed by atoms with van der Waals surface area (Å²) in [6.07, 6.45) is 1.82. The molecule has 0 radical (unpaired) electrons. The molecule has 0 saturated carbocycles. The quantitative estimate of drug-likeness (QED) is 0.501. The van der Waals surface area contributed by atoms with Crippen molar-refractivity contribution >= 4 is 45.9 Å². The van der Waals surface area contributed by atoms with E-state index < -0.39 is 0 Å². The van der Waals surface area contributed by atoms with Gasteiger partial charge in [0.25, 0.3) is 0 Å². The van der Waals surface area contributed by atoms with Crippen LogP contribution in [0.15, 0.2) is 54.7 Å². The van der Waals surface area contributed by atoms with Crippen LogP contribution in [0.25, 0.3) is 0 Å². The summed E-state index contributed by atoms with van der Waals surface area (Å²) in [6, 6.07) is 16.3. The molecule has 3 aromatic rings. The number of aromatic nitrogens is 1. The van der Waals surface area contributed by atoms with Crippen LogP contribution in [0.4, 0.5) is 11.4 Å². The number of hydrogen-bond donors (Lipinski definition) is 2. The standard InChI is InChI=1S/C24H26N4OS2/c1-14(2)23(29)26-18-10-9-17(13-15(18)3)28-22(20-11-8-16(4)31-20)21(27-24(28)30)19-7-5-6-12-25-19/h5-14,21-22H,1-4H3,(H,26,29)(H,27,30)/t21-,22-/m0/s1. The molecule has 0 aliphatic carbocycles. The molecule has 5 nitrogen and oxygen atoms in total. The van der Waals surface area contributed by atoms with Crippen LogP contribution in [0.5, 0.6) is 0 Å². The zero-order valence-corrected chi connectivity index (χ0v) is 19.7. The maximum Gasteiger partial charge on any atom is 0.226 e. The Hall–Kier alpha value is -2.77. The van der Waals surface area contributed by atoms with Gasteiger partial charge in [-0.3, -0.25) is 9.78 Å². The number of pyridine rings is 1. The fourth-order valence-electron chi connectivity index (χ4n) is 3.75. The molecule has 1 amide bonds. The number of rotatable bonds is 5. The third kappa shape index (κ3) is 4.34. The second-order valence-corrected chi connectivity index (χ2v) is 9.79. The molecule has 2 aromatic heterocycles. The fraction of sp³-hybridized carbons (Fsp3) is 0.292. The van der Waals surface area contributed by atoms with Crippen LogP contribution >= 0.6 is 23.6 Å². The fourth-order valence-corrected chi connectivity index (χ4v) is 5.10. The highest BCUT2D eigenvalue weighted by Crippen LogP contribution is 2.44. The zero-order valence-electron chi connectivity index (χ0n) is 18.0. The van der Waals surface area contributed by atoms with Gasteiger partial charge < -0.3 is 15.5 Å². The van der Waals surface area contributed by atoms with Gasteiger partial charge in [-0.2, -0.15) is 0 Å². The Bertz CT molecular complexity index is 1110. The Morgan fingerprint density at radius 2 is 2.00 bits per heavy atom. The van der Waals surface area contributed by atoms with Crippen LogP contribution in [0.3, 0.4) is 0 Å². The second-order valence-electron chi connectivity index (χ2n) is 8.09. The predicted octanol–water partition coefficient (Wildman–Crippen LogP) is 5.53. The largest absolute Gasteiger partial charge is 0.351 e. The number of thiocarbonyl (C=S) groups is 1. The number of nitrogens with zero attached hydrogens (tertiary/aromatic N) is 2. The monoisotopic (exact) mass is 450 g/mol. The number of aryl methyl sites for hydroxylation is 2. The summed E-state index contributed by atoms with van der Waals surface area (Å²) < 4.78 is 0. The Balaban J connectivity index is 1.73. The second kappa shape index (κ2) is 8.77. The van der Waals surface area contributed by atoms with Crippen molar-refractivity contribution in [1.29, 1.82) is 0 Å². The van der Waals surface area contributed by atoms with Crippen LogP contribution in [-0.4, -0.2) is 16.0 Å². The van der Waals surface area contributed by atoms with Gasteiger partial charge in [-0.15, -0.1) is 11.3 Å². The normalized spacial score (nSPS) is 18.4. The van der Waals surface area contributed by atoms with Gasteiger partial charge in [0, 0.05) is 33.2 Å². The first kappa shape index (κ1) is 21.5. The molecule has 7 heteroatoms. The lowest BCUT2D eigenvalue weighted by atomic mass is 10.0. The van der Waals surface area contributed by atoms with Crippen molar-refractivity contribution < 1.29 is 4.79 Å². The summed E-state index contributed by atoms with van der Waals surface area (Å²) in [4.78, 5) is 21.4. The van der Waals surface area contributed by atoms with Crippen LogP contribution in [0, 0.1) is 19.8 Å². The summed E-state index contributed by atoms with van der Waals surface area (Å²) in [7, 11) is 0. The van der Waals surface area contributed by atoms with Gasteiger partial charge in [0.2, 0.25) is 5.91 Å². The lowest BCUT2D eigenvalue weighted by Crippen LogP contribution is -2.29. The zero-order chi connectivity index (χ0) is 22.1. The average molecular weight is 451 g/mol. The molecule has 2 atom stereocenters. The lowest BCUT2D eigenvalue weighted by molar-refractivity contribution is -0.118. The average Bonchev–Trinajstić information content (AvgIpc) is 3.32. The maximum atomic E-state index is 12.1. The van der Waals surface area contributed by atoms with Crippen molar-refractivity contribution in [2.75, 3.05) is 10.2 Å². The van der Waals surface area contributed by atoms with E-state index in [1.165, 1.54) is 9.75 Å². The number of nitrogens with one attached hydrogen (secondary N) is 2. The molecule has 160 valence electrons. The molecular weight excluding hydrogens is 424 g/mol. The Labute approximate surface area is 192 Å². The highest BCUT2D eigenvalue weighted by atomic mass is 32.1. The highest BCUT2D eigenvalue weighted by molar-refractivity contribution is 7.80. The van der Waals surface area contributed by atoms with Gasteiger partial charge in [-0.05, 0) is 74.1 Å². The van der Waals surface area contributed by atoms with Gasteiger partial charge in [0.1, 0.15) is 0 Å². The van der Waals surface area contributed by atoms with E-state index in [-0.39, 0.29) is 23.9 Å². The minimum Gasteiger partial charge on any atom is -0.351 e. The number of benzene rings is 1. The highest BCUT2D eigenvalue weighted by Gasteiger charge is 2.41. The maximum absolute atomic E-state index is 12.1. The van der Waals surface area contributed by atoms with E-state index in [4.69, 9.17) is 12.2 Å². The Kier molecular flexibility index (Phi) is 6.07. The van der Waals surface area contributed by atoms with Crippen LogP contribution in [0.1, 0.15) is 46.9 Å². The molecule has 0 unspecified atom stereocenters. The van der Waals surface area contributed by atoms with E-state index in [1.807, 2.05) is 57.3 Å². The number of hydrogen-bond acceptors (Lipinski definition) is 4. The van der Waals surface area contributed by atoms with Crippen molar-refractivity contribution in [3.8, 4) is 0 Å². The van der Waals surface area contributed by atoms with Gasteiger partial charge in [-0.25, -0.2) is 0 Å². The van der Waals surface area contributed by atoms with Gasteiger partial charge in [0.15, 0.2) is 5.11 Å². The van der Waals surface area contributed by atoms with Crippen LogP contribution in [-0.2, 0) is 4.79 Å². The van der Waals surface area contributed by atoms with Crippen molar-refractivity contribution in [2.24, 2.45) is 5.92 Å². The van der Waals surface area contributed by atoms with E-state index in [1.54, 1.807) is 11.3 Å². The first-order chi connectivity index (χ1) is 14.8. The number of amides is 1. The molecular formula is C24H26N4OS2. The van der Waals surface area contributed by atoms with E-state index in [0.717, 1.165) is 22.6 Å². The summed E-state index contributed by atoms with van der Waals surface area (Å²) in [5.74, 6) is -0.0589. The third-order valence-electron chi connectivity index (χ3n) is 5.42. The van der Waals surface area contributed by atoms with Crippen LogP contribution < -0.4 is 15.5 Å². The smallest absolute Gasteiger partial charge is 0.226 e. The van der Waals surface area contributed by atoms with Crippen molar-refractivity contribution in [3.63, 3.8) is 0 Å².